The number of benzene rings is 1. The van der Waals surface area contributed by atoms with Crippen molar-refractivity contribution >= 4 is 11.9 Å². The molecule has 5 heteroatoms. The van der Waals surface area contributed by atoms with E-state index in [0.29, 0.717) is 12.2 Å². The summed E-state index contributed by atoms with van der Waals surface area (Å²) in [6.07, 6.45) is 6.13. The summed E-state index contributed by atoms with van der Waals surface area (Å²) < 4.78 is 10.9. The molecule has 0 aromatic heterocycles. The Labute approximate surface area is 156 Å². The number of rotatable bonds is 7. The summed E-state index contributed by atoms with van der Waals surface area (Å²) in [6.45, 7) is 6.09. The van der Waals surface area contributed by atoms with Crippen LogP contribution in [0.2, 0.25) is 0 Å². The van der Waals surface area contributed by atoms with Crippen LogP contribution in [0.15, 0.2) is 24.3 Å². The quantitative estimate of drug-likeness (QED) is 0.589. The first-order chi connectivity index (χ1) is 12.5. The molecule has 2 rings (SSSR count). The summed E-state index contributed by atoms with van der Waals surface area (Å²) in [5.74, 6) is -0.697. The van der Waals surface area contributed by atoms with Crippen LogP contribution in [-0.2, 0) is 20.9 Å². The molecule has 0 unspecified atom stereocenters. The first-order valence-electron chi connectivity index (χ1n) is 9.67. The van der Waals surface area contributed by atoms with Gasteiger partial charge >= 0.3 is 5.97 Å². The molecule has 1 saturated carbocycles. The molecule has 0 bridgehead atoms. The Morgan fingerprint density at radius 3 is 2.23 bits per heavy atom. The van der Waals surface area contributed by atoms with E-state index in [-0.39, 0.29) is 18.1 Å². The van der Waals surface area contributed by atoms with Crippen LogP contribution in [0.4, 0.5) is 0 Å². The van der Waals surface area contributed by atoms with E-state index in [2.05, 4.69) is 5.32 Å². The molecule has 1 aliphatic rings. The first-order valence-corrected chi connectivity index (χ1v) is 9.67. The fraction of sp³-hybridized carbons (Fsp3) is 0.619. The third-order valence-corrected chi connectivity index (χ3v) is 4.63. The summed E-state index contributed by atoms with van der Waals surface area (Å²) in [4.78, 5) is 24.5. The molecule has 1 amide bonds. The molecule has 1 aliphatic carbocycles. The van der Waals surface area contributed by atoms with Crippen LogP contribution >= 0.6 is 0 Å². The summed E-state index contributed by atoms with van der Waals surface area (Å²) in [6, 6.07) is 7.30. The van der Waals surface area contributed by atoms with Crippen molar-refractivity contribution in [3.8, 4) is 0 Å². The van der Waals surface area contributed by atoms with Crippen molar-refractivity contribution in [2.75, 3.05) is 0 Å². The van der Waals surface area contributed by atoms with Gasteiger partial charge in [-0.15, -0.1) is 0 Å². The predicted molar refractivity (Wildman–Crippen MR) is 101 cm³/mol. The van der Waals surface area contributed by atoms with E-state index in [1.54, 1.807) is 19.1 Å². The van der Waals surface area contributed by atoms with Crippen molar-refractivity contribution in [3.05, 3.63) is 35.4 Å². The average molecular weight is 361 g/mol. The maximum atomic E-state index is 12.3. The number of carbonyl (C=O) groups is 2. The van der Waals surface area contributed by atoms with Gasteiger partial charge in [-0.25, -0.2) is 4.79 Å². The SMILES string of the molecule is CC(C)OCc1ccc(C(=O)O[C@@H](C)C(=O)NC2CCCCCC2)cc1. The van der Waals surface area contributed by atoms with Crippen molar-refractivity contribution in [1.29, 1.82) is 0 Å². The minimum atomic E-state index is -0.797. The Kier molecular flexibility index (Phi) is 8.10. The fourth-order valence-corrected chi connectivity index (χ4v) is 3.02. The lowest BCUT2D eigenvalue weighted by molar-refractivity contribution is -0.129. The Balaban J connectivity index is 1.82. The second-order valence-electron chi connectivity index (χ2n) is 7.30. The van der Waals surface area contributed by atoms with Gasteiger partial charge in [-0.2, -0.15) is 0 Å². The molecule has 1 fully saturated rings. The van der Waals surface area contributed by atoms with Crippen LogP contribution in [0.25, 0.3) is 0 Å². The largest absolute Gasteiger partial charge is 0.449 e. The van der Waals surface area contributed by atoms with Crippen molar-refractivity contribution in [2.45, 2.75) is 84.2 Å². The number of hydrogen-bond acceptors (Lipinski definition) is 4. The lowest BCUT2D eigenvalue weighted by Crippen LogP contribution is -2.41. The number of esters is 1. The summed E-state index contributed by atoms with van der Waals surface area (Å²) in [5.41, 5.74) is 1.43. The van der Waals surface area contributed by atoms with Crippen LogP contribution in [0, 0.1) is 0 Å². The number of nitrogens with one attached hydrogen (secondary N) is 1. The van der Waals surface area contributed by atoms with Gasteiger partial charge in [0.25, 0.3) is 5.91 Å². The van der Waals surface area contributed by atoms with Crippen molar-refractivity contribution in [2.24, 2.45) is 0 Å². The lowest BCUT2D eigenvalue weighted by Gasteiger charge is -2.19. The predicted octanol–water partition coefficient (Wildman–Crippen LogP) is 4.00. The van der Waals surface area contributed by atoms with Crippen molar-refractivity contribution in [1.82, 2.24) is 5.32 Å². The minimum absolute atomic E-state index is 0.160. The summed E-state index contributed by atoms with van der Waals surface area (Å²) >= 11 is 0. The average Bonchev–Trinajstić information content (AvgIpc) is 2.88. The fourth-order valence-electron chi connectivity index (χ4n) is 3.02. The number of amides is 1. The smallest absolute Gasteiger partial charge is 0.338 e. The van der Waals surface area contributed by atoms with Gasteiger partial charge in [-0.05, 0) is 51.3 Å². The lowest BCUT2D eigenvalue weighted by atomic mass is 10.1. The summed E-state index contributed by atoms with van der Waals surface area (Å²) in [5, 5.41) is 3.02. The second-order valence-corrected chi connectivity index (χ2v) is 7.30. The minimum Gasteiger partial charge on any atom is -0.449 e. The molecule has 1 N–H and O–H groups in total. The van der Waals surface area contributed by atoms with E-state index in [9.17, 15) is 9.59 Å². The van der Waals surface area contributed by atoms with E-state index in [0.717, 1.165) is 31.2 Å². The number of hydrogen-bond donors (Lipinski definition) is 1. The van der Waals surface area contributed by atoms with Crippen molar-refractivity contribution in [3.63, 3.8) is 0 Å². The number of carbonyl (C=O) groups excluding carboxylic acids is 2. The standard InChI is InChI=1S/C21H31NO4/c1-15(2)25-14-17-10-12-18(13-11-17)21(24)26-16(3)20(23)22-19-8-6-4-5-7-9-19/h10-13,15-16,19H,4-9,14H2,1-3H3,(H,22,23)/t16-/m0/s1. The Morgan fingerprint density at radius 1 is 1.04 bits per heavy atom. The van der Waals surface area contributed by atoms with Crippen LogP contribution in [-0.4, -0.2) is 30.1 Å². The molecule has 144 valence electrons. The Bertz CT molecular complexity index is 574. The van der Waals surface area contributed by atoms with Crippen LogP contribution in [0.5, 0.6) is 0 Å². The highest BCUT2D eigenvalue weighted by Gasteiger charge is 2.22. The second kappa shape index (κ2) is 10.3. The zero-order chi connectivity index (χ0) is 18.9. The molecule has 1 atom stereocenters. The number of ether oxygens (including phenoxy) is 2. The van der Waals surface area contributed by atoms with E-state index in [4.69, 9.17) is 9.47 Å². The van der Waals surface area contributed by atoms with Gasteiger partial charge in [0.15, 0.2) is 6.10 Å². The van der Waals surface area contributed by atoms with Gasteiger partial charge in [0.05, 0.1) is 18.3 Å². The summed E-state index contributed by atoms with van der Waals surface area (Å²) in [7, 11) is 0. The van der Waals surface area contributed by atoms with E-state index >= 15 is 0 Å². The van der Waals surface area contributed by atoms with Gasteiger partial charge < -0.3 is 14.8 Å². The molecule has 26 heavy (non-hydrogen) atoms. The molecule has 1 aromatic carbocycles. The normalized spacial score (nSPS) is 16.8. The van der Waals surface area contributed by atoms with Crippen molar-refractivity contribution < 1.29 is 19.1 Å². The molecule has 0 spiro atoms. The third-order valence-electron chi connectivity index (χ3n) is 4.63. The van der Waals surface area contributed by atoms with Gasteiger partial charge in [-0.3, -0.25) is 4.79 Å². The van der Waals surface area contributed by atoms with E-state index in [1.807, 2.05) is 26.0 Å². The van der Waals surface area contributed by atoms with Crippen LogP contribution in [0.3, 0.4) is 0 Å². The highest BCUT2D eigenvalue weighted by molar-refractivity contribution is 5.92. The molecule has 0 aliphatic heterocycles. The van der Waals surface area contributed by atoms with Crippen LogP contribution < -0.4 is 5.32 Å². The topological polar surface area (TPSA) is 64.6 Å². The first kappa shape index (κ1) is 20.4. The van der Waals surface area contributed by atoms with Gasteiger partial charge in [-0.1, -0.05) is 37.8 Å². The third kappa shape index (κ3) is 6.79. The maximum absolute atomic E-state index is 12.3. The molecule has 0 radical (unpaired) electrons. The molecule has 1 aromatic rings. The molecule has 0 saturated heterocycles. The van der Waals surface area contributed by atoms with Gasteiger partial charge in [0.1, 0.15) is 0 Å². The highest BCUT2D eigenvalue weighted by Crippen LogP contribution is 2.17. The van der Waals surface area contributed by atoms with Gasteiger partial charge in [0.2, 0.25) is 0 Å². The monoisotopic (exact) mass is 361 g/mol. The molecule has 5 nitrogen and oxygen atoms in total. The zero-order valence-corrected chi connectivity index (χ0v) is 16.1. The molecular formula is C21H31NO4. The molecular weight excluding hydrogens is 330 g/mol. The zero-order valence-electron chi connectivity index (χ0n) is 16.1. The van der Waals surface area contributed by atoms with Gasteiger partial charge in [0, 0.05) is 6.04 Å². The highest BCUT2D eigenvalue weighted by atomic mass is 16.5. The van der Waals surface area contributed by atoms with Crippen LogP contribution in [0.1, 0.15) is 75.2 Å². The molecule has 0 heterocycles. The van der Waals surface area contributed by atoms with E-state index in [1.165, 1.54) is 12.8 Å². The Morgan fingerprint density at radius 2 is 1.65 bits per heavy atom. The maximum Gasteiger partial charge on any atom is 0.338 e. The Hall–Kier alpha value is -1.88. The van der Waals surface area contributed by atoms with E-state index < -0.39 is 12.1 Å².